The van der Waals surface area contributed by atoms with Crippen molar-refractivity contribution >= 4 is 16.8 Å². The van der Waals surface area contributed by atoms with Crippen LogP contribution >= 0.6 is 0 Å². The molecule has 3 atom stereocenters. The molecule has 0 aliphatic heterocycles. The molecule has 5 rings (SSSR count). The summed E-state index contributed by atoms with van der Waals surface area (Å²) in [5, 5.41) is 5.03. The number of nitrogens with one attached hydrogen (secondary N) is 2. The lowest BCUT2D eigenvalue weighted by atomic mass is 9.89. The lowest BCUT2D eigenvalue weighted by Gasteiger charge is -2.38. The van der Waals surface area contributed by atoms with Crippen molar-refractivity contribution in [3.63, 3.8) is 0 Å². The van der Waals surface area contributed by atoms with E-state index in [9.17, 15) is 4.79 Å². The van der Waals surface area contributed by atoms with Crippen molar-refractivity contribution in [3.05, 3.63) is 71.4 Å². The van der Waals surface area contributed by atoms with Crippen LogP contribution in [0.15, 0.2) is 54.6 Å². The van der Waals surface area contributed by atoms with Crippen molar-refractivity contribution < 1.29 is 4.79 Å². The monoisotopic (exact) mass is 401 g/mol. The van der Waals surface area contributed by atoms with E-state index in [0.717, 1.165) is 30.3 Å². The molecule has 0 spiro atoms. The van der Waals surface area contributed by atoms with Gasteiger partial charge in [-0.05, 0) is 68.7 Å². The van der Waals surface area contributed by atoms with Crippen molar-refractivity contribution in [1.29, 1.82) is 0 Å². The van der Waals surface area contributed by atoms with Crippen molar-refractivity contribution in [2.45, 2.75) is 63.6 Å². The summed E-state index contributed by atoms with van der Waals surface area (Å²) in [7, 11) is 0. The number of aromatic nitrogens is 1. The zero-order valence-electron chi connectivity index (χ0n) is 17.7. The maximum atomic E-state index is 13.3. The summed E-state index contributed by atoms with van der Waals surface area (Å²) < 4.78 is 0. The number of hydrogen-bond acceptors (Lipinski definition) is 2. The molecule has 156 valence electrons. The van der Waals surface area contributed by atoms with Gasteiger partial charge in [-0.3, -0.25) is 4.79 Å². The topological polar surface area (TPSA) is 48.1 Å². The summed E-state index contributed by atoms with van der Waals surface area (Å²) in [5.41, 5.74) is 4.70. The fraction of sp³-hybridized carbons (Fsp3) is 0.423. The van der Waals surface area contributed by atoms with E-state index in [-0.39, 0.29) is 5.91 Å². The molecule has 1 fully saturated rings. The van der Waals surface area contributed by atoms with E-state index < -0.39 is 0 Å². The van der Waals surface area contributed by atoms with Gasteiger partial charge in [0.05, 0.1) is 0 Å². The Morgan fingerprint density at radius 3 is 2.80 bits per heavy atom. The molecule has 1 saturated carbocycles. The highest BCUT2D eigenvalue weighted by Gasteiger charge is 2.32. The number of carbonyl (C=O) groups is 1. The molecular formula is C26H31N3O. The van der Waals surface area contributed by atoms with Gasteiger partial charge in [-0.25, -0.2) is 0 Å². The Bertz CT molecular complexity index is 1010. The fourth-order valence-electron chi connectivity index (χ4n) is 5.52. The van der Waals surface area contributed by atoms with Crippen LogP contribution in [0, 0.1) is 0 Å². The summed E-state index contributed by atoms with van der Waals surface area (Å²) in [4.78, 5) is 18.7. The second kappa shape index (κ2) is 8.27. The van der Waals surface area contributed by atoms with Crippen LogP contribution in [0.3, 0.4) is 0 Å². The third-order valence-corrected chi connectivity index (χ3v) is 7.02. The van der Waals surface area contributed by atoms with E-state index in [4.69, 9.17) is 0 Å². The molecule has 4 heteroatoms. The molecule has 0 saturated heterocycles. The average molecular weight is 402 g/mol. The first-order valence-corrected chi connectivity index (χ1v) is 11.5. The maximum absolute atomic E-state index is 13.3. The number of rotatable bonds is 5. The van der Waals surface area contributed by atoms with E-state index in [2.05, 4.69) is 52.5 Å². The molecule has 30 heavy (non-hydrogen) atoms. The van der Waals surface area contributed by atoms with Gasteiger partial charge in [0.2, 0.25) is 0 Å². The lowest BCUT2D eigenvalue weighted by Crippen LogP contribution is -2.47. The molecule has 4 nitrogen and oxygen atoms in total. The Hall–Kier alpha value is -2.59. The molecule has 2 N–H and O–H groups in total. The predicted octanol–water partition coefficient (Wildman–Crippen LogP) is 5.22. The number of carbonyl (C=O) groups excluding carboxylic acids is 1. The molecule has 1 aromatic heterocycles. The third-order valence-electron chi connectivity index (χ3n) is 7.02. The molecule has 3 aromatic rings. The van der Waals surface area contributed by atoms with Gasteiger partial charge in [0, 0.05) is 35.6 Å². The highest BCUT2D eigenvalue weighted by atomic mass is 16.2. The highest BCUT2D eigenvalue weighted by Crippen LogP contribution is 2.33. The molecule has 1 heterocycles. The Morgan fingerprint density at radius 1 is 1.10 bits per heavy atom. The molecule has 1 unspecified atom stereocenters. The zero-order valence-corrected chi connectivity index (χ0v) is 17.7. The summed E-state index contributed by atoms with van der Waals surface area (Å²) in [6, 6.07) is 20.2. The van der Waals surface area contributed by atoms with Crippen LogP contribution in [0.1, 0.15) is 66.7 Å². The molecule has 0 bridgehead atoms. The number of hydrogen-bond donors (Lipinski definition) is 2. The van der Waals surface area contributed by atoms with Crippen LogP contribution in [-0.4, -0.2) is 34.4 Å². The Morgan fingerprint density at radius 2 is 1.93 bits per heavy atom. The summed E-state index contributed by atoms with van der Waals surface area (Å²) in [6.07, 6.45) is 6.87. The zero-order chi connectivity index (χ0) is 20.5. The number of amides is 1. The second-order valence-corrected chi connectivity index (χ2v) is 8.84. The van der Waals surface area contributed by atoms with Crippen LogP contribution in [0.4, 0.5) is 0 Å². The minimum Gasteiger partial charge on any atom is -0.351 e. The normalized spacial score (nSPS) is 23.4. The minimum absolute atomic E-state index is 0.130. The van der Waals surface area contributed by atoms with Crippen LogP contribution in [0.5, 0.6) is 0 Å². The summed E-state index contributed by atoms with van der Waals surface area (Å²) in [5.74, 6) is 0.130. The standard InChI is InChI=1S/C26H31N3O/c1-2-29(26(30)25-16-19-9-4-6-13-23(19)28-25)21-11-7-10-20(17-21)27-24-15-14-18-8-3-5-12-22(18)24/h3-6,8-9,12-13,16,20-21,24,27-28H,2,7,10-11,14-15,17H2,1H3/t20-,21+,24?/m1/s1. The van der Waals surface area contributed by atoms with Gasteiger partial charge in [-0.1, -0.05) is 42.5 Å². The number of fused-ring (bicyclic) bond motifs is 2. The van der Waals surface area contributed by atoms with Gasteiger partial charge >= 0.3 is 0 Å². The van der Waals surface area contributed by atoms with Crippen molar-refractivity contribution in [2.75, 3.05) is 6.54 Å². The number of nitrogens with zero attached hydrogens (tertiary/aromatic N) is 1. The first-order valence-electron chi connectivity index (χ1n) is 11.5. The molecular weight excluding hydrogens is 370 g/mol. The van der Waals surface area contributed by atoms with E-state index in [1.807, 2.05) is 24.3 Å². The van der Waals surface area contributed by atoms with E-state index in [0.29, 0.717) is 23.8 Å². The first-order chi connectivity index (χ1) is 14.7. The van der Waals surface area contributed by atoms with Crippen molar-refractivity contribution in [1.82, 2.24) is 15.2 Å². The molecule has 2 aliphatic rings. The number of benzene rings is 2. The summed E-state index contributed by atoms with van der Waals surface area (Å²) >= 11 is 0. The lowest BCUT2D eigenvalue weighted by molar-refractivity contribution is 0.0620. The van der Waals surface area contributed by atoms with Gasteiger partial charge in [0.25, 0.3) is 5.91 Å². The SMILES string of the molecule is CCN(C(=O)c1cc2ccccc2[nH]1)[C@H]1CCC[C@@H](NC2CCc3ccccc32)C1. The summed E-state index contributed by atoms with van der Waals surface area (Å²) in [6.45, 7) is 2.85. The second-order valence-electron chi connectivity index (χ2n) is 8.84. The number of aryl methyl sites for hydroxylation is 1. The number of H-pyrrole nitrogens is 1. The molecule has 2 aliphatic carbocycles. The van der Waals surface area contributed by atoms with Crippen LogP contribution in [0.25, 0.3) is 10.9 Å². The van der Waals surface area contributed by atoms with E-state index in [1.54, 1.807) is 0 Å². The van der Waals surface area contributed by atoms with Crippen LogP contribution in [0.2, 0.25) is 0 Å². The smallest absolute Gasteiger partial charge is 0.270 e. The Balaban J connectivity index is 1.29. The van der Waals surface area contributed by atoms with Crippen molar-refractivity contribution in [3.8, 4) is 0 Å². The highest BCUT2D eigenvalue weighted by molar-refractivity contribution is 5.98. The van der Waals surface area contributed by atoms with E-state index in [1.165, 1.54) is 36.8 Å². The maximum Gasteiger partial charge on any atom is 0.270 e. The fourth-order valence-corrected chi connectivity index (χ4v) is 5.52. The van der Waals surface area contributed by atoms with Gasteiger partial charge in [-0.2, -0.15) is 0 Å². The average Bonchev–Trinajstić information content (AvgIpc) is 3.39. The first kappa shape index (κ1) is 19.4. The van der Waals surface area contributed by atoms with Gasteiger partial charge in [0.1, 0.15) is 5.69 Å². The van der Waals surface area contributed by atoms with Gasteiger partial charge in [-0.15, -0.1) is 0 Å². The van der Waals surface area contributed by atoms with Gasteiger partial charge < -0.3 is 15.2 Å². The van der Waals surface area contributed by atoms with Crippen LogP contribution in [-0.2, 0) is 6.42 Å². The molecule has 1 amide bonds. The van der Waals surface area contributed by atoms with E-state index >= 15 is 0 Å². The molecule has 2 aromatic carbocycles. The number of aromatic amines is 1. The van der Waals surface area contributed by atoms with Crippen LogP contribution < -0.4 is 5.32 Å². The third kappa shape index (κ3) is 3.65. The van der Waals surface area contributed by atoms with Gasteiger partial charge in [0.15, 0.2) is 0 Å². The Kier molecular flexibility index (Phi) is 5.34. The molecule has 0 radical (unpaired) electrons. The predicted molar refractivity (Wildman–Crippen MR) is 122 cm³/mol. The van der Waals surface area contributed by atoms with Crippen molar-refractivity contribution in [2.24, 2.45) is 0 Å². The largest absolute Gasteiger partial charge is 0.351 e. The quantitative estimate of drug-likeness (QED) is 0.616. The Labute approximate surface area is 178 Å². The minimum atomic E-state index is 0.130. The number of para-hydroxylation sites is 1.